The highest BCUT2D eigenvalue weighted by atomic mass is 35.5. The first-order valence-electron chi connectivity index (χ1n) is 9.53. The van der Waals surface area contributed by atoms with Gasteiger partial charge in [-0.1, -0.05) is 11.6 Å². The molecule has 0 unspecified atom stereocenters. The van der Waals surface area contributed by atoms with Crippen molar-refractivity contribution < 1.29 is 14.0 Å². The van der Waals surface area contributed by atoms with Gasteiger partial charge in [0.25, 0.3) is 11.8 Å². The second-order valence-electron chi connectivity index (χ2n) is 7.42. The van der Waals surface area contributed by atoms with E-state index in [2.05, 4.69) is 15.6 Å². The SMILES string of the molecule is CN(C)C(=O)c1ccnc(N[C@H]2CC[C@@H](NC(=O)c3ccc(F)c(Cl)c3)CC2)c1.Cl. The Morgan fingerprint density at radius 3 is 2.37 bits per heavy atom. The molecule has 1 aliphatic carbocycles. The molecule has 6 nitrogen and oxygen atoms in total. The van der Waals surface area contributed by atoms with E-state index in [-0.39, 0.29) is 41.3 Å². The molecular weight excluding hydrogens is 430 g/mol. The average molecular weight is 455 g/mol. The summed E-state index contributed by atoms with van der Waals surface area (Å²) in [5, 5.41) is 6.31. The van der Waals surface area contributed by atoms with Crippen LogP contribution in [0.15, 0.2) is 36.5 Å². The molecule has 2 N–H and O–H groups in total. The number of halogens is 3. The van der Waals surface area contributed by atoms with Gasteiger partial charge in [0.05, 0.1) is 5.02 Å². The lowest BCUT2D eigenvalue weighted by molar-refractivity contribution is 0.0827. The van der Waals surface area contributed by atoms with E-state index in [0.717, 1.165) is 25.7 Å². The van der Waals surface area contributed by atoms with Crippen molar-refractivity contribution in [3.05, 3.63) is 58.5 Å². The predicted octanol–water partition coefficient (Wildman–Crippen LogP) is 4.15. The fourth-order valence-electron chi connectivity index (χ4n) is 3.40. The minimum Gasteiger partial charge on any atom is -0.367 e. The third-order valence-corrected chi connectivity index (χ3v) is 5.30. The molecule has 1 aliphatic rings. The monoisotopic (exact) mass is 454 g/mol. The van der Waals surface area contributed by atoms with E-state index >= 15 is 0 Å². The molecule has 0 saturated heterocycles. The third-order valence-electron chi connectivity index (χ3n) is 5.01. The van der Waals surface area contributed by atoms with Gasteiger partial charge in [-0.2, -0.15) is 0 Å². The number of pyridine rings is 1. The number of carbonyl (C=O) groups is 2. The molecule has 1 saturated carbocycles. The van der Waals surface area contributed by atoms with E-state index in [1.165, 1.54) is 23.1 Å². The lowest BCUT2D eigenvalue weighted by Gasteiger charge is -2.30. The molecule has 0 spiro atoms. The van der Waals surface area contributed by atoms with Gasteiger partial charge < -0.3 is 15.5 Å². The second kappa shape index (κ2) is 10.6. The van der Waals surface area contributed by atoms with E-state index in [1.807, 2.05) is 0 Å². The van der Waals surface area contributed by atoms with Gasteiger partial charge in [0.15, 0.2) is 0 Å². The Kier molecular flexibility index (Phi) is 8.43. The van der Waals surface area contributed by atoms with Gasteiger partial charge in [0.1, 0.15) is 11.6 Å². The number of hydrogen-bond acceptors (Lipinski definition) is 4. The Bertz CT molecular complexity index is 902. The lowest BCUT2D eigenvalue weighted by Crippen LogP contribution is -2.40. The molecule has 1 fully saturated rings. The first-order chi connectivity index (χ1) is 13.8. The van der Waals surface area contributed by atoms with Crippen LogP contribution >= 0.6 is 24.0 Å². The van der Waals surface area contributed by atoms with Gasteiger partial charge in [-0.05, 0) is 56.0 Å². The van der Waals surface area contributed by atoms with Crippen molar-refractivity contribution in [2.75, 3.05) is 19.4 Å². The zero-order valence-corrected chi connectivity index (χ0v) is 18.4. The zero-order chi connectivity index (χ0) is 21.0. The van der Waals surface area contributed by atoms with Gasteiger partial charge in [0, 0.05) is 43.5 Å². The Balaban J connectivity index is 0.00000320. The summed E-state index contributed by atoms with van der Waals surface area (Å²) >= 11 is 5.75. The molecule has 0 aliphatic heterocycles. The van der Waals surface area contributed by atoms with Crippen molar-refractivity contribution in [2.45, 2.75) is 37.8 Å². The Morgan fingerprint density at radius 2 is 1.73 bits per heavy atom. The largest absolute Gasteiger partial charge is 0.367 e. The molecule has 0 bridgehead atoms. The van der Waals surface area contributed by atoms with Crippen LogP contribution in [0.3, 0.4) is 0 Å². The molecule has 2 aromatic rings. The lowest BCUT2D eigenvalue weighted by atomic mass is 9.91. The molecule has 1 heterocycles. The number of amides is 2. The van der Waals surface area contributed by atoms with Crippen LogP contribution in [-0.2, 0) is 0 Å². The topological polar surface area (TPSA) is 74.3 Å². The number of carbonyl (C=O) groups excluding carboxylic acids is 2. The Hall–Kier alpha value is -2.38. The van der Waals surface area contributed by atoms with E-state index in [1.54, 1.807) is 32.4 Å². The summed E-state index contributed by atoms with van der Waals surface area (Å²) in [5.41, 5.74) is 0.939. The van der Waals surface area contributed by atoms with Crippen molar-refractivity contribution >= 4 is 41.6 Å². The van der Waals surface area contributed by atoms with Crippen molar-refractivity contribution in [3.63, 3.8) is 0 Å². The molecular formula is C21H25Cl2FN4O2. The van der Waals surface area contributed by atoms with Crippen LogP contribution in [0.2, 0.25) is 5.02 Å². The van der Waals surface area contributed by atoms with Gasteiger partial charge in [0.2, 0.25) is 0 Å². The average Bonchev–Trinajstić information content (AvgIpc) is 2.71. The van der Waals surface area contributed by atoms with Crippen molar-refractivity contribution in [2.24, 2.45) is 0 Å². The fourth-order valence-corrected chi connectivity index (χ4v) is 3.58. The fraction of sp³-hybridized carbons (Fsp3) is 0.381. The summed E-state index contributed by atoms with van der Waals surface area (Å²) in [6.07, 6.45) is 4.98. The van der Waals surface area contributed by atoms with Crippen LogP contribution in [0, 0.1) is 5.82 Å². The number of aromatic nitrogens is 1. The van der Waals surface area contributed by atoms with Crippen molar-refractivity contribution in [1.82, 2.24) is 15.2 Å². The van der Waals surface area contributed by atoms with Gasteiger partial charge in [-0.25, -0.2) is 9.37 Å². The van der Waals surface area contributed by atoms with Gasteiger partial charge in [-0.15, -0.1) is 12.4 Å². The van der Waals surface area contributed by atoms with Gasteiger partial charge in [-0.3, -0.25) is 9.59 Å². The number of anilines is 1. The smallest absolute Gasteiger partial charge is 0.253 e. The summed E-state index contributed by atoms with van der Waals surface area (Å²) < 4.78 is 13.3. The Labute approximate surface area is 186 Å². The molecule has 9 heteroatoms. The normalized spacial score (nSPS) is 18.1. The van der Waals surface area contributed by atoms with Crippen LogP contribution in [0.25, 0.3) is 0 Å². The standard InChI is InChI=1S/C21H24ClFN4O2.ClH/c1-27(2)21(29)14-9-10-24-19(12-14)25-15-4-6-16(7-5-15)26-20(28)13-3-8-18(23)17(22)11-13;/h3,8-12,15-16H,4-7H2,1-2H3,(H,24,25)(H,26,28);1H/t15-,16+;. The molecule has 1 aromatic heterocycles. The molecule has 2 amide bonds. The zero-order valence-electron chi connectivity index (χ0n) is 16.8. The van der Waals surface area contributed by atoms with E-state index < -0.39 is 5.82 Å². The quantitative estimate of drug-likeness (QED) is 0.711. The Morgan fingerprint density at radius 1 is 1.07 bits per heavy atom. The maximum Gasteiger partial charge on any atom is 0.253 e. The molecule has 1 aromatic carbocycles. The highest BCUT2D eigenvalue weighted by Gasteiger charge is 2.23. The summed E-state index contributed by atoms with van der Waals surface area (Å²) in [6, 6.07) is 7.69. The number of nitrogens with zero attached hydrogens (tertiary/aromatic N) is 2. The molecule has 162 valence electrons. The number of rotatable bonds is 5. The highest BCUT2D eigenvalue weighted by molar-refractivity contribution is 6.31. The van der Waals surface area contributed by atoms with E-state index in [0.29, 0.717) is 16.9 Å². The first-order valence-corrected chi connectivity index (χ1v) is 9.91. The second-order valence-corrected chi connectivity index (χ2v) is 7.83. The van der Waals surface area contributed by atoms with Gasteiger partial charge >= 0.3 is 0 Å². The van der Waals surface area contributed by atoms with Crippen LogP contribution in [0.5, 0.6) is 0 Å². The predicted molar refractivity (Wildman–Crippen MR) is 118 cm³/mol. The van der Waals surface area contributed by atoms with Crippen LogP contribution in [0.4, 0.5) is 10.2 Å². The van der Waals surface area contributed by atoms with Crippen LogP contribution < -0.4 is 10.6 Å². The minimum absolute atomic E-state index is 0. The number of hydrogen-bond donors (Lipinski definition) is 2. The summed E-state index contributed by atoms with van der Waals surface area (Å²) in [4.78, 5) is 30.3. The summed E-state index contributed by atoms with van der Waals surface area (Å²) in [7, 11) is 3.43. The van der Waals surface area contributed by atoms with Crippen LogP contribution in [-0.4, -0.2) is 47.9 Å². The number of nitrogens with one attached hydrogen (secondary N) is 2. The van der Waals surface area contributed by atoms with Crippen LogP contribution in [0.1, 0.15) is 46.4 Å². The summed E-state index contributed by atoms with van der Waals surface area (Å²) in [5.74, 6) is -0.187. The summed E-state index contributed by atoms with van der Waals surface area (Å²) in [6.45, 7) is 0. The molecule has 0 atom stereocenters. The number of benzene rings is 1. The highest BCUT2D eigenvalue weighted by Crippen LogP contribution is 2.23. The minimum atomic E-state index is -0.542. The van der Waals surface area contributed by atoms with Crippen molar-refractivity contribution in [1.29, 1.82) is 0 Å². The first kappa shape index (κ1) is 23.9. The van der Waals surface area contributed by atoms with E-state index in [9.17, 15) is 14.0 Å². The molecule has 0 radical (unpaired) electrons. The maximum atomic E-state index is 13.3. The van der Waals surface area contributed by atoms with E-state index in [4.69, 9.17) is 11.6 Å². The molecule has 3 rings (SSSR count). The van der Waals surface area contributed by atoms with Crippen molar-refractivity contribution in [3.8, 4) is 0 Å². The maximum absolute atomic E-state index is 13.3. The third kappa shape index (κ3) is 6.06. The molecule has 30 heavy (non-hydrogen) atoms.